The normalized spacial score (nSPS) is 29.5. The summed E-state index contributed by atoms with van der Waals surface area (Å²) in [5.74, 6) is 4.10. The molecule has 0 aromatic carbocycles. The summed E-state index contributed by atoms with van der Waals surface area (Å²) in [5, 5.41) is 3.15. The highest BCUT2D eigenvalue weighted by atomic mass is 16.3. The number of rotatable bonds is 6. The largest absolute Gasteiger partial charge is 0.468 e. The summed E-state index contributed by atoms with van der Waals surface area (Å²) in [6.45, 7) is 3.07. The lowest BCUT2D eigenvalue weighted by molar-refractivity contribution is 0.204. The van der Waals surface area contributed by atoms with Gasteiger partial charge in [-0.05, 0) is 57.2 Å². The van der Waals surface area contributed by atoms with Crippen LogP contribution in [0.25, 0.3) is 0 Å². The number of furan rings is 1. The third-order valence-electron chi connectivity index (χ3n) is 4.95. The molecule has 2 fully saturated rings. The minimum Gasteiger partial charge on any atom is -0.468 e. The molecule has 0 spiro atoms. The molecule has 106 valence electrons. The lowest BCUT2D eigenvalue weighted by Gasteiger charge is -2.26. The topological polar surface area (TPSA) is 28.4 Å². The SMILES string of the molecule is CNCc1coc(CN(C)CC2CC3CCC2C3)c1. The van der Waals surface area contributed by atoms with E-state index in [1.807, 2.05) is 13.3 Å². The summed E-state index contributed by atoms with van der Waals surface area (Å²) in [5.41, 5.74) is 1.24. The molecule has 3 atom stereocenters. The van der Waals surface area contributed by atoms with Crippen LogP contribution in [0.4, 0.5) is 0 Å². The molecular weight excluding hydrogens is 236 g/mol. The van der Waals surface area contributed by atoms with Gasteiger partial charge >= 0.3 is 0 Å². The van der Waals surface area contributed by atoms with E-state index in [1.165, 1.54) is 37.8 Å². The van der Waals surface area contributed by atoms with Gasteiger partial charge in [0.1, 0.15) is 5.76 Å². The highest BCUT2D eigenvalue weighted by Crippen LogP contribution is 2.48. The van der Waals surface area contributed by atoms with Crippen LogP contribution in [0.5, 0.6) is 0 Å². The van der Waals surface area contributed by atoms with Crippen molar-refractivity contribution >= 4 is 0 Å². The second-order valence-corrected chi connectivity index (χ2v) is 6.58. The average molecular weight is 262 g/mol. The molecule has 2 aliphatic carbocycles. The molecule has 1 N–H and O–H groups in total. The van der Waals surface area contributed by atoms with E-state index >= 15 is 0 Å². The van der Waals surface area contributed by atoms with E-state index in [0.29, 0.717) is 0 Å². The summed E-state index contributed by atoms with van der Waals surface area (Å²) >= 11 is 0. The van der Waals surface area contributed by atoms with Gasteiger partial charge in [-0.3, -0.25) is 4.90 Å². The van der Waals surface area contributed by atoms with Crippen molar-refractivity contribution in [1.29, 1.82) is 0 Å². The van der Waals surface area contributed by atoms with Gasteiger partial charge in [0.05, 0.1) is 12.8 Å². The molecule has 1 aromatic rings. The molecule has 0 radical (unpaired) electrons. The molecule has 3 heteroatoms. The maximum atomic E-state index is 5.63. The Morgan fingerprint density at radius 3 is 2.95 bits per heavy atom. The Morgan fingerprint density at radius 1 is 1.37 bits per heavy atom. The average Bonchev–Trinajstić information content (AvgIpc) is 3.06. The first-order chi connectivity index (χ1) is 9.24. The summed E-state index contributed by atoms with van der Waals surface area (Å²) in [6, 6.07) is 2.17. The Hall–Kier alpha value is -0.800. The maximum Gasteiger partial charge on any atom is 0.118 e. The monoisotopic (exact) mass is 262 g/mol. The molecule has 0 amide bonds. The van der Waals surface area contributed by atoms with Crippen molar-refractivity contribution in [2.45, 2.75) is 38.8 Å². The van der Waals surface area contributed by atoms with E-state index in [0.717, 1.165) is 36.6 Å². The van der Waals surface area contributed by atoms with Crippen LogP contribution in [0, 0.1) is 17.8 Å². The first-order valence-corrected chi connectivity index (χ1v) is 7.64. The highest BCUT2D eigenvalue weighted by molar-refractivity contribution is 5.12. The fourth-order valence-electron chi connectivity index (χ4n) is 4.14. The standard InChI is InChI=1S/C16H26N2O/c1-17-8-13-7-16(19-11-13)10-18(2)9-15-6-12-3-4-14(15)5-12/h7,11-12,14-15,17H,3-6,8-10H2,1-2H3. The van der Waals surface area contributed by atoms with Gasteiger partial charge in [0.25, 0.3) is 0 Å². The second kappa shape index (κ2) is 5.68. The van der Waals surface area contributed by atoms with Crippen LogP contribution in [0.2, 0.25) is 0 Å². The Balaban J connectivity index is 1.49. The van der Waals surface area contributed by atoms with Gasteiger partial charge in [-0.25, -0.2) is 0 Å². The fraction of sp³-hybridized carbons (Fsp3) is 0.750. The molecular formula is C16H26N2O. The van der Waals surface area contributed by atoms with Crippen LogP contribution >= 0.6 is 0 Å². The number of hydrogen-bond acceptors (Lipinski definition) is 3. The zero-order chi connectivity index (χ0) is 13.2. The van der Waals surface area contributed by atoms with Gasteiger partial charge in [0.2, 0.25) is 0 Å². The van der Waals surface area contributed by atoms with Crippen molar-refractivity contribution in [3.8, 4) is 0 Å². The highest BCUT2D eigenvalue weighted by Gasteiger charge is 2.39. The van der Waals surface area contributed by atoms with E-state index in [2.05, 4.69) is 23.3 Å². The Morgan fingerprint density at radius 2 is 2.26 bits per heavy atom. The van der Waals surface area contributed by atoms with Crippen LogP contribution < -0.4 is 5.32 Å². The van der Waals surface area contributed by atoms with Crippen LogP contribution in [-0.2, 0) is 13.1 Å². The predicted octanol–water partition coefficient (Wildman–Crippen LogP) is 2.87. The van der Waals surface area contributed by atoms with Crippen molar-refractivity contribution in [1.82, 2.24) is 10.2 Å². The van der Waals surface area contributed by atoms with Crippen LogP contribution in [-0.4, -0.2) is 25.5 Å². The molecule has 3 nitrogen and oxygen atoms in total. The molecule has 0 aliphatic heterocycles. The lowest BCUT2D eigenvalue weighted by Crippen LogP contribution is -2.28. The van der Waals surface area contributed by atoms with E-state index in [1.54, 1.807) is 0 Å². The zero-order valence-corrected chi connectivity index (χ0v) is 12.2. The Bertz CT molecular complexity index is 415. The first kappa shape index (κ1) is 13.2. The van der Waals surface area contributed by atoms with E-state index in [9.17, 15) is 0 Å². The van der Waals surface area contributed by atoms with Gasteiger partial charge in [-0.15, -0.1) is 0 Å². The van der Waals surface area contributed by atoms with Crippen LogP contribution in [0.1, 0.15) is 37.0 Å². The smallest absolute Gasteiger partial charge is 0.118 e. The van der Waals surface area contributed by atoms with Gasteiger partial charge in [-0.1, -0.05) is 6.42 Å². The Kier molecular flexibility index (Phi) is 3.94. The quantitative estimate of drug-likeness (QED) is 0.854. The van der Waals surface area contributed by atoms with Crippen molar-refractivity contribution in [2.24, 2.45) is 17.8 Å². The number of fused-ring (bicyclic) bond motifs is 2. The maximum absolute atomic E-state index is 5.63. The molecule has 2 aliphatic rings. The molecule has 2 bridgehead atoms. The van der Waals surface area contributed by atoms with Gasteiger partial charge in [0.15, 0.2) is 0 Å². The van der Waals surface area contributed by atoms with Crippen molar-refractivity contribution in [3.63, 3.8) is 0 Å². The van der Waals surface area contributed by atoms with Crippen molar-refractivity contribution in [2.75, 3.05) is 20.6 Å². The van der Waals surface area contributed by atoms with Crippen molar-refractivity contribution < 1.29 is 4.42 Å². The van der Waals surface area contributed by atoms with E-state index in [4.69, 9.17) is 4.42 Å². The van der Waals surface area contributed by atoms with Gasteiger partial charge in [0, 0.05) is 18.7 Å². The minimum atomic E-state index is 0.888. The summed E-state index contributed by atoms with van der Waals surface area (Å²) in [7, 11) is 4.19. The lowest BCUT2D eigenvalue weighted by atomic mass is 9.88. The number of nitrogens with zero attached hydrogens (tertiary/aromatic N) is 1. The van der Waals surface area contributed by atoms with Gasteiger partial charge in [-0.2, -0.15) is 0 Å². The van der Waals surface area contributed by atoms with E-state index in [-0.39, 0.29) is 0 Å². The van der Waals surface area contributed by atoms with E-state index < -0.39 is 0 Å². The number of nitrogens with one attached hydrogen (secondary N) is 1. The third-order valence-corrected chi connectivity index (χ3v) is 4.95. The summed E-state index contributed by atoms with van der Waals surface area (Å²) in [4.78, 5) is 2.44. The molecule has 3 rings (SSSR count). The fourth-order valence-corrected chi connectivity index (χ4v) is 4.14. The second-order valence-electron chi connectivity index (χ2n) is 6.58. The van der Waals surface area contributed by atoms with Crippen LogP contribution in [0.3, 0.4) is 0 Å². The van der Waals surface area contributed by atoms with Crippen molar-refractivity contribution in [3.05, 3.63) is 23.7 Å². The van der Waals surface area contributed by atoms with Crippen LogP contribution in [0.15, 0.2) is 16.7 Å². The summed E-state index contributed by atoms with van der Waals surface area (Å²) in [6.07, 6.45) is 7.83. The minimum absolute atomic E-state index is 0.888. The first-order valence-electron chi connectivity index (χ1n) is 7.64. The predicted molar refractivity (Wildman–Crippen MR) is 76.7 cm³/mol. The molecule has 0 saturated heterocycles. The number of hydrogen-bond donors (Lipinski definition) is 1. The Labute approximate surface area is 116 Å². The molecule has 1 heterocycles. The summed E-state index contributed by atoms with van der Waals surface area (Å²) < 4.78 is 5.63. The molecule has 3 unspecified atom stereocenters. The molecule has 2 saturated carbocycles. The third kappa shape index (κ3) is 3.03. The molecule has 19 heavy (non-hydrogen) atoms. The zero-order valence-electron chi connectivity index (χ0n) is 12.2. The molecule has 1 aromatic heterocycles. The van der Waals surface area contributed by atoms with Gasteiger partial charge < -0.3 is 9.73 Å².